The fourth-order valence-corrected chi connectivity index (χ4v) is 3.78. The van der Waals surface area contributed by atoms with Crippen molar-refractivity contribution < 1.29 is 4.74 Å². The van der Waals surface area contributed by atoms with E-state index < -0.39 is 0 Å². The summed E-state index contributed by atoms with van der Waals surface area (Å²) in [6.45, 7) is 6.50. The first-order valence-electron chi connectivity index (χ1n) is 10.0. The van der Waals surface area contributed by atoms with Crippen LogP contribution in [-0.2, 0) is 13.0 Å². The van der Waals surface area contributed by atoms with Gasteiger partial charge in [-0.1, -0.05) is 43.3 Å². The van der Waals surface area contributed by atoms with E-state index >= 15 is 0 Å². The minimum atomic E-state index is 0.293. The SMILES string of the molecule is CCc1ccccc1-n1ncc2c1ncn1nc(COc3c(C)cccc3C)nc21. The molecular weight excluding hydrogens is 376 g/mol. The van der Waals surface area contributed by atoms with Crippen LogP contribution in [0, 0.1) is 13.8 Å². The molecule has 0 spiro atoms. The molecule has 5 aromatic rings. The highest BCUT2D eigenvalue weighted by Crippen LogP contribution is 2.24. The predicted molar refractivity (Wildman–Crippen MR) is 115 cm³/mol. The van der Waals surface area contributed by atoms with Crippen LogP contribution in [0.3, 0.4) is 0 Å². The second kappa shape index (κ2) is 7.26. The van der Waals surface area contributed by atoms with Gasteiger partial charge in [-0.3, -0.25) is 0 Å². The molecule has 0 aliphatic carbocycles. The van der Waals surface area contributed by atoms with Crippen LogP contribution in [0.2, 0.25) is 0 Å². The van der Waals surface area contributed by atoms with E-state index in [0.717, 1.165) is 45.7 Å². The molecule has 0 saturated carbocycles. The quantitative estimate of drug-likeness (QED) is 0.443. The molecule has 30 heavy (non-hydrogen) atoms. The highest BCUT2D eigenvalue weighted by molar-refractivity contribution is 5.89. The summed E-state index contributed by atoms with van der Waals surface area (Å²) in [6, 6.07) is 14.3. The van der Waals surface area contributed by atoms with Gasteiger partial charge in [-0.2, -0.15) is 5.10 Å². The second-order valence-electron chi connectivity index (χ2n) is 7.33. The number of ether oxygens (including phenoxy) is 1. The van der Waals surface area contributed by atoms with Crippen LogP contribution in [0.4, 0.5) is 0 Å². The van der Waals surface area contributed by atoms with Crippen molar-refractivity contribution in [2.75, 3.05) is 0 Å². The molecule has 0 unspecified atom stereocenters. The molecule has 0 radical (unpaired) electrons. The van der Waals surface area contributed by atoms with Gasteiger partial charge in [0.25, 0.3) is 0 Å². The smallest absolute Gasteiger partial charge is 0.189 e. The third kappa shape index (κ3) is 2.99. The van der Waals surface area contributed by atoms with Crippen molar-refractivity contribution in [2.45, 2.75) is 33.8 Å². The van der Waals surface area contributed by atoms with E-state index in [1.165, 1.54) is 5.56 Å². The Hall–Kier alpha value is -3.74. The fourth-order valence-electron chi connectivity index (χ4n) is 3.78. The van der Waals surface area contributed by atoms with Gasteiger partial charge in [0.05, 0.1) is 17.3 Å². The number of benzene rings is 2. The average Bonchev–Trinajstić information content (AvgIpc) is 3.37. The topological polar surface area (TPSA) is 70.1 Å². The summed E-state index contributed by atoms with van der Waals surface area (Å²) < 4.78 is 9.58. The summed E-state index contributed by atoms with van der Waals surface area (Å²) in [4.78, 5) is 9.30. The second-order valence-corrected chi connectivity index (χ2v) is 7.33. The van der Waals surface area contributed by atoms with E-state index in [9.17, 15) is 0 Å². The molecular formula is C23H22N6O. The van der Waals surface area contributed by atoms with E-state index in [2.05, 4.69) is 34.2 Å². The lowest BCUT2D eigenvalue weighted by molar-refractivity contribution is 0.292. The van der Waals surface area contributed by atoms with Crippen LogP contribution in [0.25, 0.3) is 22.4 Å². The Labute approximate surface area is 174 Å². The van der Waals surface area contributed by atoms with Gasteiger partial charge in [0, 0.05) is 0 Å². The zero-order chi connectivity index (χ0) is 20.7. The molecule has 0 bridgehead atoms. The van der Waals surface area contributed by atoms with Crippen LogP contribution < -0.4 is 4.74 Å². The molecule has 150 valence electrons. The number of nitrogens with zero attached hydrogens (tertiary/aromatic N) is 6. The van der Waals surface area contributed by atoms with Gasteiger partial charge in [-0.15, -0.1) is 5.10 Å². The Kier molecular flexibility index (Phi) is 4.43. The molecule has 0 saturated heterocycles. The first-order chi connectivity index (χ1) is 14.7. The summed E-state index contributed by atoms with van der Waals surface area (Å²) >= 11 is 0. The van der Waals surface area contributed by atoms with Gasteiger partial charge in [0.2, 0.25) is 0 Å². The van der Waals surface area contributed by atoms with Crippen LogP contribution in [0.5, 0.6) is 5.75 Å². The number of para-hydroxylation sites is 2. The van der Waals surface area contributed by atoms with Crippen molar-refractivity contribution in [3.05, 3.63) is 77.5 Å². The van der Waals surface area contributed by atoms with Crippen molar-refractivity contribution in [1.29, 1.82) is 0 Å². The summed E-state index contributed by atoms with van der Waals surface area (Å²) in [6.07, 6.45) is 4.40. The van der Waals surface area contributed by atoms with Gasteiger partial charge in [0.1, 0.15) is 18.7 Å². The molecule has 0 atom stereocenters. The number of hydrogen-bond acceptors (Lipinski definition) is 5. The average molecular weight is 398 g/mol. The van der Waals surface area contributed by atoms with E-state index in [-0.39, 0.29) is 0 Å². The van der Waals surface area contributed by atoms with E-state index in [1.807, 2.05) is 48.9 Å². The monoisotopic (exact) mass is 398 g/mol. The minimum absolute atomic E-state index is 0.293. The first-order valence-corrected chi connectivity index (χ1v) is 10.0. The Balaban J connectivity index is 1.52. The predicted octanol–water partition coefficient (Wildman–Crippen LogP) is 4.22. The summed E-state index contributed by atoms with van der Waals surface area (Å²) in [5.41, 5.74) is 5.93. The van der Waals surface area contributed by atoms with Gasteiger partial charge >= 0.3 is 0 Å². The van der Waals surface area contributed by atoms with Crippen molar-refractivity contribution in [1.82, 2.24) is 29.4 Å². The molecule has 0 fully saturated rings. The summed E-state index contributed by atoms with van der Waals surface area (Å²) in [7, 11) is 0. The molecule has 3 heterocycles. The van der Waals surface area contributed by atoms with Crippen molar-refractivity contribution >= 4 is 16.7 Å². The largest absolute Gasteiger partial charge is 0.485 e. The van der Waals surface area contributed by atoms with Gasteiger partial charge in [-0.05, 0) is 43.0 Å². The number of fused-ring (bicyclic) bond motifs is 3. The molecule has 0 N–H and O–H groups in total. The van der Waals surface area contributed by atoms with Crippen LogP contribution in [0.15, 0.2) is 55.0 Å². The van der Waals surface area contributed by atoms with Crippen molar-refractivity contribution in [3.63, 3.8) is 0 Å². The van der Waals surface area contributed by atoms with Gasteiger partial charge in [-0.25, -0.2) is 19.2 Å². The van der Waals surface area contributed by atoms with E-state index in [0.29, 0.717) is 12.4 Å². The maximum absolute atomic E-state index is 6.02. The molecule has 0 aliphatic rings. The van der Waals surface area contributed by atoms with Crippen LogP contribution >= 0.6 is 0 Å². The number of aryl methyl sites for hydroxylation is 3. The minimum Gasteiger partial charge on any atom is -0.485 e. The Morgan fingerprint density at radius 1 is 0.967 bits per heavy atom. The molecule has 0 aliphatic heterocycles. The Bertz CT molecular complexity index is 1350. The lowest BCUT2D eigenvalue weighted by Gasteiger charge is -2.09. The normalized spacial score (nSPS) is 11.4. The first kappa shape index (κ1) is 18.3. The molecule has 7 heteroatoms. The maximum Gasteiger partial charge on any atom is 0.189 e. The van der Waals surface area contributed by atoms with Gasteiger partial charge in [0.15, 0.2) is 17.1 Å². The lowest BCUT2D eigenvalue weighted by atomic mass is 10.1. The number of aromatic nitrogens is 6. The van der Waals surface area contributed by atoms with Gasteiger partial charge < -0.3 is 4.74 Å². The molecule has 0 amide bonds. The highest BCUT2D eigenvalue weighted by Gasteiger charge is 2.15. The van der Waals surface area contributed by atoms with Crippen molar-refractivity contribution in [3.8, 4) is 11.4 Å². The summed E-state index contributed by atoms with van der Waals surface area (Å²) in [5, 5.41) is 9.98. The zero-order valence-corrected chi connectivity index (χ0v) is 17.2. The number of rotatable bonds is 5. The number of hydrogen-bond donors (Lipinski definition) is 0. The third-order valence-electron chi connectivity index (χ3n) is 5.30. The fraction of sp³-hybridized carbons (Fsp3) is 0.217. The zero-order valence-electron chi connectivity index (χ0n) is 17.2. The lowest BCUT2D eigenvalue weighted by Crippen LogP contribution is -2.02. The highest BCUT2D eigenvalue weighted by atomic mass is 16.5. The molecule has 5 rings (SSSR count). The standard InChI is InChI=1S/C23H22N6O/c1-4-17-10-5-6-11-19(17)29-22-18(12-25-29)23-26-20(27-28(23)14-24-22)13-30-21-15(2)8-7-9-16(21)3/h5-12,14H,4,13H2,1-3H3. The molecule has 3 aromatic heterocycles. The Morgan fingerprint density at radius 3 is 2.57 bits per heavy atom. The molecule has 7 nitrogen and oxygen atoms in total. The van der Waals surface area contributed by atoms with E-state index in [1.54, 1.807) is 17.0 Å². The maximum atomic E-state index is 6.02. The summed E-state index contributed by atoms with van der Waals surface area (Å²) in [5.74, 6) is 1.48. The Morgan fingerprint density at radius 2 is 1.77 bits per heavy atom. The molecule has 2 aromatic carbocycles. The van der Waals surface area contributed by atoms with Crippen molar-refractivity contribution in [2.24, 2.45) is 0 Å². The van der Waals surface area contributed by atoms with Crippen LogP contribution in [0.1, 0.15) is 29.4 Å². The van der Waals surface area contributed by atoms with Crippen LogP contribution in [-0.4, -0.2) is 29.4 Å². The third-order valence-corrected chi connectivity index (χ3v) is 5.30. The van der Waals surface area contributed by atoms with E-state index in [4.69, 9.17) is 9.72 Å².